The van der Waals surface area contributed by atoms with Crippen molar-refractivity contribution < 1.29 is 13.9 Å². The number of ether oxygens (including phenoxy) is 1. The number of piperidine rings is 1. The number of nitrogens with zero attached hydrogens (tertiary/aromatic N) is 2. The number of rotatable bonds is 3. The van der Waals surface area contributed by atoms with E-state index < -0.39 is 5.63 Å². The van der Waals surface area contributed by atoms with Gasteiger partial charge in [-0.25, -0.2) is 9.78 Å². The number of carbonyl (C=O) groups excluding carboxylic acids is 1. The lowest BCUT2D eigenvalue weighted by atomic mass is 10.1. The van der Waals surface area contributed by atoms with Crippen LogP contribution in [0, 0.1) is 0 Å². The molecule has 146 valence electrons. The summed E-state index contributed by atoms with van der Waals surface area (Å²) in [5.41, 5.74) is 0.899. The van der Waals surface area contributed by atoms with E-state index in [4.69, 9.17) is 9.15 Å². The third kappa shape index (κ3) is 3.49. The Morgan fingerprint density at radius 1 is 1.10 bits per heavy atom. The van der Waals surface area contributed by atoms with Gasteiger partial charge in [0.2, 0.25) is 0 Å². The first-order chi connectivity index (χ1) is 14.2. The Morgan fingerprint density at radius 3 is 2.69 bits per heavy atom. The molecule has 29 heavy (non-hydrogen) atoms. The summed E-state index contributed by atoms with van der Waals surface area (Å²) in [6, 6.07) is 16.7. The molecule has 1 fully saturated rings. The highest BCUT2D eigenvalue weighted by Gasteiger charge is 2.27. The van der Waals surface area contributed by atoms with Gasteiger partial charge in [-0.05, 0) is 24.3 Å². The minimum absolute atomic E-state index is 0.00706. The van der Waals surface area contributed by atoms with E-state index in [0.29, 0.717) is 36.7 Å². The molecule has 5 rings (SSSR count). The highest BCUT2D eigenvalue weighted by molar-refractivity contribution is 7.20. The number of para-hydroxylation sites is 2. The van der Waals surface area contributed by atoms with E-state index in [0.717, 1.165) is 15.6 Å². The molecular formula is C22H18N2O4S. The van der Waals surface area contributed by atoms with Gasteiger partial charge in [0.05, 0.1) is 10.2 Å². The average Bonchev–Trinajstić information content (AvgIpc) is 3.15. The lowest BCUT2D eigenvalue weighted by molar-refractivity contribution is 0.0592. The van der Waals surface area contributed by atoms with E-state index in [-0.39, 0.29) is 17.6 Å². The van der Waals surface area contributed by atoms with Crippen molar-refractivity contribution in [1.29, 1.82) is 0 Å². The molecule has 0 aliphatic carbocycles. The first-order valence-electron chi connectivity index (χ1n) is 9.52. The Morgan fingerprint density at radius 2 is 1.86 bits per heavy atom. The number of likely N-dealkylation sites (tertiary alicyclic amines) is 1. The summed E-state index contributed by atoms with van der Waals surface area (Å²) in [5.74, 6) is -0.289. The molecule has 1 saturated heterocycles. The molecule has 1 amide bonds. The molecule has 0 unspecified atom stereocenters. The Bertz CT molecular complexity index is 1220. The van der Waals surface area contributed by atoms with Gasteiger partial charge in [-0.1, -0.05) is 41.7 Å². The second-order valence-corrected chi connectivity index (χ2v) is 8.04. The van der Waals surface area contributed by atoms with Crippen molar-refractivity contribution in [1.82, 2.24) is 9.88 Å². The topological polar surface area (TPSA) is 72.6 Å². The zero-order valence-corrected chi connectivity index (χ0v) is 16.4. The molecular weight excluding hydrogens is 388 g/mol. The number of hydrogen-bond acceptors (Lipinski definition) is 6. The third-order valence-electron chi connectivity index (χ3n) is 5.14. The van der Waals surface area contributed by atoms with Crippen LogP contribution in [-0.2, 0) is 0 Å². The van der Waals surface area contributed by atoms with Crippen molar-refractivity contribution in [2.24, 2.45) is 0 Å². The molecule has 7 heteroatoms. The maximum Gasteiger partial charge on any atom is 0.349 e. The molecule has 3 heterocycles. The summed E-state index contributed by atoms with van der Waals surface area (Å²) in [6.45, 7) is 1.06. The number of aromatic nitrogens is 1. The van der Waals surface area contributed by atoms with Crippen molar-refractivity contribution in [3.63, 3.8) is 0 Å². The molecule has 0 bridgehead atoms. The highest BCUT2D eigenvalue weighted by atomic mass is 32.1. The molecule has 0 radical (unpaired) electrons. The van der Waals surface area contributed by atoms with E-state index in [1.54, 1.807) is 23.1 Å². The molecule has 0 saturated carbocycles. The fourth-order valence-electron chi connectivity index (χ4n) is 3.60. The Balaban J connectivity index is 1.27. The Hall–Kier alpha value is -3.19. The van der Waals surface area contributed by atoms with Crippen LogP contribution >= 0.6 is 11.3 Å². The largest absolute Gasteiger partial charge is 0.467 e. The van der Waals surface area contributed by atoms with E-state index in [1.807, 2.05) is 36.4 Å². The van der Waals surface area contributed by atoms with Gasteiger partial charge in [0.25, 0.3) is 11.1 Å². The smallest absolute Gasteiger partial charge is 0.349 e. The van der Waals surface area contributed by atoms with E-state index in [9.17, 15) is 9.59 Å². The van der Waals surface area contributed by atoms with Crippen LogP contribution in [0.15, 0.2) is 63.8 Å². The second-order valence-electron chi connectivity index (χ2n) is 7.04. The molecule has 1 aliphatic heterocycles. The van der Waals surface area contributed by atoms with Gasteiger partial charge >= 0.3 is 5.63 Å². The summed E-state index contributed by atoms with van der Waals surface area (Å²) in [5, 5.41) is 1.40. The molecule has 0 N–H and O–H groups in total. The zero-order valence-electron chi connectivity index (χ0n) is 15.5. The lowest BCUT2D eigenvalue weighted by Gasteiger charge is -2.31. The second kappa shape index (κ2) is 7.33. The average molecular weight is 406 g/mol. The summed E-state index contributed by atoms with van der Waals surface area (Å²) in [6.07, 6.45) is 1.40. The maximum absolute atomic E-state index is 12.9. The van der Waals surface area contributed by atoms with Gasteiger partial charge in [-0.15, -0.1) is 0 Å². The minimum atomic E-state index is -0.596. The Labute approximate surface area is 170 Å². The van der Waals surface area contributed by atoms with Crippen LogP contribution in [0.5, 0.6) is 5.19 Å². The number of benzene rings is 2. The number of hydrogen-bond donors (Lipinski definition) is 0. The van der Waals surface area contributed by atoms with Crippen LogP contribution in [0.2, 0.25) is 0 Å². The van der Waals surface area contributed by atoms with Crippen molar-refractivity contribution in [2.45, 2.75) is 18.9 Å². The molecule has 1 aliphatic rings. The number of thiazole rings is 1. The number of amides is 1. The fraction of sp³-hybridized carbons (Fsp3) is 0.227. The van der Waals surface area contributed by atoms with Gasteiger partial charge in [0.15, 0.2) is 0 Å². The number of fused-ring (bicyclic) bond motifs is 2. The van der Waals surface area contributed by atoms with Crippen molar-refractivity contribution >= 4 is 38.4 Å². The van der Waals surface area contributed by atoms with Gasteiger partial charge in [-0.2, -0.15) is 0 Å². The van der Waals surface area contributed by atoms with E-state index in [2.05, 4.69) is 4.98 Å². The van der Waals surface area contributed by atoms with Crippen molar-refractivity contribution in [3.8, 4) is 5.19 Å². The summed E-state index contributed by atoms with van der Waals surface area (Å²) in [4.78, 5) is 31.3. The number of carbonyl (C=O) groups is 1. The summed E-state index contributed by atoms with van der Waals surface area (Å²) >= 11 is 1.53. The van der Waals surface area contributed by atoms with Crippen LogP contribution in [-0.4, -0.2) is 35.0 Å². The van der Waals surface area contributed by atoms with Crippen LogP contribution in [0.25, 0.3) is 21.2 Å². The van der Waals surface area contributed by atoms with Crippen molar-refractivity contribution in [3.05, 3.63) is 70.6 Å². The van der Waals surface area contributed by atoms with Gasteiger partial charge < -0.3 is 14.1 Å². The first-order valence-corrected chi connectivity index (χ1v) is 10.3. The Kier molecular flexibility index (Phi) is 4.52. The van der Waals surface area contributed by atoms with Gasteiger partial charge in [0.1, 0.15) is 17.3 Å². The minimum Gasteiger partial charge on any atom is -0.467 e. The van der Waals surface area contributed by atoms with Crippen LogP contribution in [0.4, 0.5) is 0 Å². The molecule has 0 spiro atoms. The van der Waals surface area contributed by atoms with Gasteiger partial charge in [0, 0.05) is 31.3 Å². The molecule has 0 atom stereocenters. The van der Waals surface area contributed by atoms with E-state index >= 15 is 0 Å². The van der Waals surface area contributed by atoms with Crippen LogP contribution < -0.4 is 10.4 Å². The highest BCUT2D eigenvalue weighted by Crippen LogP contribution is 2.29. The summed E-state index contributed by atoms with van der Waals surface area (Å²) in [7, 11) is 0. The van der Waals surface area contributed by atoms with Crippen LogP contribution in [0.1, 0.15) is 23.2 Å². The quantitative estimate of drug-likeness (QED) is 0.479. The SMILES string of the molecule is O=C(c1cc2ccccc2oc1=O)N1CCC(Oc2nc3ccccc3s2)CC1. The normalized spacial score (nSPS) is 15.1. The predicted molar refractivity (Wildman–Crippen MR) is 112 cm³/mol. The molecule has 2 aromatic carbocycles. The van der Waals surface area contributed by atoms with Crippen molar-refractivity contribution in [2.75, 3.05) is 13.1 Å². The monoisotopic (exact) mass is 406 g/mol. The molecule has 6 nitrogen and oxygen atoms in total. The standard InChI is InChI=1S/C22H18N2O4S/c25-20(16-13-14-5-1-3-7-18(14)28-21(16)26)24-11-9-15(10-12-24)27-22-23-17-6-2-4-8-19(17)29-22/h1-8,13,15H,9-12H2. The first kappa shape index (κ1) is 17.9. The van der Waals surface area contributed by atoms with Crippen LogP contribution in [0.3, 0.4) is 0 Å². The summed E-state index contributed by atoms with van der Waals surface area (Å²) < 4.78 is 12.4. The molecule has 4 aromatic rings. The predicted octanol–water partition coefficient (Wildman–Crippen LogP) is 4.09. The zero-order chi connectivity index (χ0) is 19.8. The maximum atomic E-state index is 12.9. The third-order valence-corrected chi connectivity index (χ3v) is 6.07. The van der Waals surface area contributed by atoms with Gasteiger partial charge in [-0.3, -0.25) is 4.79 Å². The fourth-order valence-corrected chi connectivity index (χ4v) is 4.48. The van der Waals surface area contributed by atoms with E-state index in [1.165, 1.54) is 11.3 Å². The molecule has 2 aromatic heterocycles. The lowest BCUT2D eigenvalue weighted by Crippen LogP contribution is -2.43.